The van der Waals surface area contributed by atoms with Gasteiger partial charge in [-0.15, -0.1) is 0 Å². The van der Waals surface area contributed by atoms with E-state index >= 15 is 0 Å². The molecule has 1 aliphatic heterocycles. The molecule has 2 aromatic carbocycles. The van der Waals surface area contributed by atoms with E-state index in [1.54, 1.807) is 12.3 Å². The third-order valence-electron chi connectivity index (χ3n) is 7.23. The van der Waals surface area contributed by atoms with Crippen LogP contribution in [-0.4, -0.2) is 62.6 Å². The molecule has 0 unspecified atom stereocenters. The molecule has 202 valence electrons. The first-order chi connectivity index (χ1) is 19.6. The van der Waals surface area contributed by atoms with E-state index in [9.17, 15) is 9.59 Å². The molecular weight excluding hydrogens is 504 g/mol. The Morgan fingerprint density at radius 1 is 0.950 bits per heavy atom. The number of carbonyl (C=O) groups is 1. The molecule has 5 aromatic rings. The van der Waals surface area contributed by atoms with Crippen molar-refractivity contribution >= 4 is 28.4 Å². The summed E-state index contributed by atoms with van der Waals surface area (Å²) in [5.74, 6) is -0.0396. The lowest BCUT2D eigenvalue weighted by Gasteiger charge is -2.27. The molecule has 4 heterocycles. The second-order valence-electron chi connectivity index (χ2n) is 9.75. The number of amides is 1. The fraction of sp³-hybridized carbons (Fsp3) is 0.200. The number of para-hydroxylation sites is 1. The molecule has 0 radical (unpaired) electrons. The van der Waals surface area contributed by atoms with Crippen molar-refractivity contribution < 1.29 is 4.79 Å². The minimum atomic E-state index is -0.467. The number of nitrogen functional groups attached to an aromatic ring is 1. The van der Waals surface area contributed by atoms with E-state index in [1.807, 2.05) is 54.6 Å². The molecule has 40 heavy (non-hydrogen) atoms. The molecule has 3 aromatic heterocycles. The molecule has 10 nitrogen and oxygen atoms in total. The Bertz CT molecular complexity index is 1700. The highest BCUT2D eigenvalue weighted by molar-refractivity contribution is 6.04. The maximum Gasteiger partial charge on any atom is 0.267 e. The fourth-order valence-electron chi connectivity index (χ4n) is 5.11. The van der Waals surface area contributed by atoms with Crippen molar-refractivity contribution in [1.82, 2.24) is 29.3 Å². The van der Waals surface area contributed by atoms with Crippen LogP contribution in [0.15, 0.2) is 90.2 Å². The Labute approximate surface area is 231 Å². The van der Waals surface area contributed by atoms with Gasteiger partial charge in [-0.1, -0.05) is 30.3 Å². The first-order valence-electron chi connectivity index (χ1n) is 13.3. The van der Waals surface area contributed by atoms with E-state index in [0.29, 0.717) is 17.2 Å². The van der Waals surface area contributed by atoms with Crippen molar-refractivity contribution in [2.24, 2.45) is 0 Å². The van der Waals surface area contributed by atoms with E-state index in [0.717, 1.165) is 61.4 Å². The lowest BCUT2D eigenvalue weighted by atomic mass is 10.1. The van der Waals surface area contributed by atoms with E-state index in [1.165, 1.54) is 17.0 Å². The van der Waals surface area contributed by atoms with Crippen LogP contribution < -0.4 is 21.9 Å². The van der Waals surface area contributed by atoms with Gasteiger partial charge in [-0.2, -0.15) is 0 Å². The zero-order valence-electron chi connectivity index (χ0n) is 22.0. The predicted molar refractivity (Wildman–Crippen MR) is 157 cm³/mol. The van der Waals surface area contributed by atoms with Crippen molar-refractivity contribution in [3.63, 3.8) is 0 Å². The van der Waals surface area contributed by atoms with Gasteiger partial charge in [-0.25, -0.2) is 9.97 Å². The average Bonchev–Trinajstić information content (AvgIpc) is 3.37. The molecule has 6 rings (SSSR count). The van der Waals surface area contributed by atoms with Gasteiger partial charge in [0.15, 0.2) is 0 Å². The Kier molecular flexibility index (Phi) is 7.09. The third kappa shape index (κ3) is 5.09. The molecule has 0 bridgehead atoms. The van der Waals surface area contributed by atoms with Gasteiger partial charge in [-0.05, 0) is 42.0 Å². The van der Waals surface area contributed by atoms with Crippen LogP contribution in [0.3, 0.4) is 0 Å². The number of rotatable bonds is 7. The number of fused-ring (bicyclic) bond motifs is 1. The number of aromatic nitrogens is 4. The van der Waals surface area contributed by atoms with Crippen LogP contribution in [0.1, 0.15) is 10.4 Å². The quantitative estimate of drug-likeness (QED) is 0.293. The van der Waals surface area contributed by atoms with Crippen LogP contribution in [0.5, 0.6) is 0 Å². The summed E-state index contributed by atoms with van der Waals surface area (Å²) in [4.78, 5) is 37.3. The number of carbonyl (C=O) groups excluding carboxylic acids is 1. The van der Waals surface area contributed by atoms with Crippen molar-refractivity contribution in [2.45, 2.75) is 6.54 Å². The number of hydrogen-bond acceptors (Lipinski definition) is 7. The summed E-state index contributed by atoms with van der Waals surface area (Å²) in [6.07, 6.45) is 5.22. The molecule has 0 saturated carbocycles. The molecule has 1 aliphatic rings. The highest BCUT2D eigenvalue weighted by Crippen LogP contribution is 2.33. The molecule has 4 N–H and O–H groups in total. The number of benzene rings is 2. The Morgan fingerprint density at radius 2 is 1.73 bits per heavy atom. The monoisotopic (exact) mass is 534 g/mol. The molecule has 0 spiro atoms. The lowest BCUT2D eigenvalue weighted by molar-refractivity contribution is 0.102. The zero-order valence-corrected chi connectivity index (χ0v) is 22.0. The van der Waals surface area contributed by atoms with Crippen molar-refractivity contribution in [1.29, 1.82) is 0 Å². The normalized spacial score (nSPS) is 13.9. The Balaban J connectivity index is 1.23. The summed E-state index contributed by atoms with van der Waals surface area (Å²) >= 11 is 0. The van der Waals surface area contributed by atoms with Gasteiger partial charge in [0.1, 0.15) is 23.4 Å². The average molecular weight is 535 g/mol. The standard InChI is InChI=1S/C30H30N8O2/c31-27-26-25(19-37(28(26)34-20-33-27)18-17-36-15-12-32-13-16-36)21-8-10-22(11-9-21)35-29(39)24-7-4-14-38(30(24)40)23-5-2-1-3-6-23/h1-11,14,19-20,32H,12-13,15-18H2,(H,35,39)(H2,31,33,34). The fourth-order valence-corrected chi connectivity index (χ4v) is 5.11. The minimum absolute atomic E-state index is 0.0629. The minimum Gasteiger partial charge on any atom is -0.383 e. The smallest absolute Gasteiger partial charge is 0.267 e. The Hall–Kier alpha value is -4.80. The molecule has 1 saturated heterocycles. The number of anilines is 2. The van der Waals surface area contributed by atoms with Gasteiger partial charge in [0.25, 0.3) is 11.5 Å². The number of piperazine rings is 1. The van der Waals surface area contributed by atoms with Gasteiger partial charge in [0, 0.05) is 68.6 Å². The second-order valence-corrected chi connectivity index (χ2v) is 9.75. The molecular formula is C30H30N8O2. The van der Waals surface area contributed by atoms with Crippen molar-refractivity contribution in [2.75, 3.05) is 43.8 Å². The van der Waals surface area contributed by atoms with Crippen LogP contribution in [0.4, 0.5) is 11.5 Å². The van der Waals surface area contributed by atoms with Gasteiger partial charge < -0.3 is 20.9 Å². The summed E-state index contributed by atoms with van der Waals surface area (Å²) in [5.41, 5.74) is 9.92. The maximum atomic E-state index is 13.0. The number of pyridine rings is 1. The first-order valence-corrected chi connectivity index (χ1v) is 13.3. The summed E-state index contributed by atoms with van der Waals surface area (Å²) in [7, 11) is 0. The maximum absolute atomic E-state index is 13.0. The highest BCUT2D eigenvalue weighted by Gasteiger charge is 2.17. The van der Waals surface area contributed by atoms with Crippen LogP contribution in [-0.2, 0) is 6.54 Å². The number of nitrogens with zero attached hydrogens (tertiary/aromatic N) is 5. The predicted octanol–water partition coefficient (Wildman–Crippen LogP) is 2.99. The topological polar surface area (TPSA) is 123 Å². The van der Waals surface area contributed by atoms with E-state index in [4.69, 9.17) is 5.73 Å². The largest absolute Gasteiger partial charge is 0.383 e. The SMILES string of the molecule is Nc1ncnc2c1c(-c1ccc(NC(=O)c3cccn(-c4ccccc4)c3=O)cc1)cn2CCN1CCNCC1. The summed E-state index contributed by atoms with van der Waals surface area (Å²) in [6, 6.07) is 19.9. The summed E-state index contributed by atoms with van der Waals surface area (Å²) in [6.45, 7) is 5.77. The van der Waals surface area contributed by atoms with E-state index < -0.39 is 5.91 Å². The van der Waals surface area contributed by atoms with Crippen LogP contribution in [0.2, 0.25) is 0 Å². The number of nitrogens with one attached hydrogen (secondary N) is 2. The first kappa shape index (κ1) is 25.5. The van der Waals surface area contributed by atoms with E-state index in [-0.39, 0.29) is 11.1 Å². The van der Waals surface area contributed by atoms with Crippen molar-refractivity contribution in [3.8, 4) is 16.8 Å². The van der Waals surface area contributed by atoms with Gasteiger partial charge in [0.05, 0.1) is 5.39 Å². The third-order valence-corrected chi connectivity index (χ3v) is 7.23. The molecule has 10 heteroatoms. The zero-order chi connectivity index (χ0) is 27.5. The van der Waals surface area contributed by atoms with E-state index in [2.05, 4.69) is 36.3 Å². The number of hydrogen-bond donors (Lipinski definition) is 3. The van der Waals surface area contributed by atoms with Crippen LogP contribution in [0, 0.1) is 0 Å². The van der Waals surface area contributed by atoms with Gasteiger partial charge in [0.2, 0.25) is 0 Å². The Morgan fingerprint density at radius 3 is 2.50 bits per heavy atom. The molecule has 0 aliphatic carbocycles. The second kappa shape index (κ2) is 11.1. The van der Waals surface area contributed by atoms with Crippen molar-refractivity contribution in [3.05, 3.63) is 101 Å². The molecule has 0 atom stereocenters. The highest BCUT2D eigenvalue weighted by atomic mass is 16.2. The van der Waals surface area contributed by atoms with Gasteiger partial charge >= 0.3 is 0 Å². The van der Waals surface area contributed by atoms with Crippen LogP contribution >= 0.6 is 0 Å². The summed E-state index contributed by atoms with van der Waals surface area (Å²) in [5, 5.41) is 7.04. The molecule has 1 fully saturated rings. The molecule has 1 amide bonds. The van der Waals surface area contributed by atoms with Gasteiger partial charge in [-0.3, -0.25) is 19.1 Å². The number of nitrogens with two attached hydrogens (primary N) is 1. The lowest BCUT2D eigenvalue weighted by Crippen LogP contribution is -2.44. The summed E-state index contributed by atoms with van der Waals surface area (Å²) < 4.78 is 3.59. The van der Waals surface area contributed by atoms with Crippen LogP contribution in [0.25, 0.3) is 27.8 Å².